The summed E-state index contributed by atoms with van der Waals surface area (Å²) < 4.78 is 23.0. The minimum Gasteiger partial charge on any atom is -0.489 e. The lowest BCUT2D eigenvalue weighted by Crippen LogP contribution is -2.14. The van der Waals surface area contributed by atoms with Gasteiger partial charge in [-0.1, -0.05) is 11.6 Å². The summed E-state index contributed by atoms with van der Waals surface area (Å²) >= 11 is 6.23. The van der Waals surface area contributed by atoms with Crippen molar-refractivity contribution in [2.24, 2.45) is 0 Å². The Morgan fingerprint density at radius 3 is 2.96 bits per heavy atom. The number of benzene rings is 2. The monoisotopic (exact) mass is 370 g/mol. The first-order valence-corrected chi connectivity index (χ1v) is 9.35. The van der Waals surface area contributed by atoms with Crippen LogP contribution in [0.15, 0.2) is 34.7 Å². The van der Waals surface area contributed by atoms with Gasteiger partial charge in [-0.15, -0.1) is 0 Å². The SMILES string of the molecule is Clc1cc2c(c(COc3ccc4oc5c(c4c3)CCCC5)c1)OCOC2. The molecule has 0 unspecified atom stereocenters. The molecule has 2 aliphatic rings. The zero-order valence-electron chi connectivity index (χ0n) is 14.3. The van der Waals surface area contributed by atoms with E-state index >= 15 is 0 Å². The second kappa shape index (κ2) is 6.53. The summed E-state index contributed by atoms with van der Waals surface area (Å²) in [5.41, 5.74) is 4.19. The number of furan rings is 1. The zero-order chi connectivity index (χ0) is 17.5. The molecule has 5 heteroatoms. The maximum absolute atomic E-state index is 6.23. The summed E-state index contributed by atoms with van der Waals surface area (Å²) in [7, 11) is 0. The number of fused-ring (bicyclic) bond motifs is 4. The Bertz CT molecular complexity index is 976. The first-order valence-electron chi connectivity index (χ1n) is 8.97. The lowest BCUT2D eigenvalue weighted by molar-refractivity contribution is -0.0175. The molecule has 26 heavy (non-hydrogen) atoms. The van der Waals surface area contributed by atoms with Gasteiger partial charge in [0.05, 0.1) is 6.61 Å². The third-order valence-electron chi connectivity index (χ3n) is 5.07. The second-order valence-electron chi connectivity index (χ2n) is 6.82. The van der Waals surface area contributed by atoms with E-state index in [4.69, 9.17) is 30.2 Å². The van der Waals surface area contributed by atoms with Crippen LogP contribution in [-0.4, -0.2) is 6.79 Å². The topological polar surface area (TPSA) is 40.8 Å². The summed E-state index contributed by atoms with van der Waals surface area (Å²) in [5, 5.41) is 1.84. The van der Waals surface area contributed by atoms with Crippen molar-refractivity contribution in [2.45, 2.75) is 38.9 Å². The van der Waals surface area contributed by atoms with E-state index in [0.717, 1.165) is 46.8 Å². The normalized spacial score (nSPS) is 16.0. The molecule has 4 nitrogen and oxygen atoms in total. The molecule has 134 valence electrons. The minimum atomic E-state index is 0.259. The van der Waals surface area contributed by atoms with Gasteiger partial charge in [-0.25, -0.2) is 0 Å². The van der Waals surface area contributed by atoms with Gasteiger partial charge in [0, 0.05) is 33.5 Å². The Morgan fingerprint density at radius 1 is 1.08 bits per heavy atom. The molecule has 0 saturated carbocycles. The highest BCUT2D eigenvalue weighted by molar-refractivity contribution is 6.30. The fraction of sp³-hybridized carbons (Fsp3) is 0.333. The fourth-order valence-electron chi connectivity index (χ4n) is 3.86. The maximum Gasteiger partial charge on any atom is 0.189 e. The van der Waals surface area contributed by atoms with E-state index in [1.165, 1.54) is 23.8 Å². The van der Waals surface area contributed by atoms with Crippen LogP contribution in [0.25, 0.3) is 11.0 Å². The van der Waals surface area contributed by atoms with Crippen molar-refractivity contribution >= 4 is 22.6 Å². The lowest BCUT2D eigenvalue weighted by Gasteiger charge is -2.21. The molecule has 0 radical (unpaired) electrons. The summed E-state index contributed by atoms with van der Waals surface area (Å²) in [5.74, 6) is 2.79. The summed E-state index contributed by atoms with van der Waals surface area (Å²) in [6.45, 7) is 1.17. The summed E-state index contributed by atoms with van der Waals surface area (Å²) in [6, 6.07) is 9.82. The molecule has 3 aromatic rings. The number of ether oxygens (including phenoxy) is 3. The average molecular weight is 371 g/mol. The number of hydrogen-bond acceptors (Lipinski definition) is 4. The molecule has 0 saturated heterocycles. The fourth-order valence-corrected chi connectivity index (χ4v) is 4.12. The van der Waals surface area contributed by atoms with Gasteiger partial charge in [-0.3, -0.25) is 0 Å². The van der Waals surface area contributed by atoms with E-state index in [9.17, 15) is 0 Å². The zero-order valence-corrected chi connectivity index (χ0v) is 15.1. The highest BCUT2D eigenvalue weighted by Crippen LogP contribution is 2.35. The Labute approximate surface area is 156 Å². The molecule has 0 amide bonds. The number of halogens is 1. The van der Waals surface area contributed by atoms with Gasteiger partial charge < -0.3 is 18.6 Å². The van der Waals surface area contributed by atoms with E-state index < -0.39 is 0 Å². The molecule has 2 aromatic carbocycles. The van der Waals surface area contributed by atoms with Crippen molar-refractivity contribution in [1.29, 1.82) is 0 Å². The standard InChI is InChI=1S/C21H19ClO4/c22-15-7-13-10-23-12-25-21(13)14(8-15)11-24-16-5-6-20-18(9-16)17-3-1-2-4-19(17)26-20/h5-9H,1-4,10-12H2. The molecule has 5 rings (SSSR count). The number of aryl methyl sites for hydroxylation is 2. The van der Waals surface area contributed by atoms with E-state index in [2.05, 4.69) is 6.07 Å². The van der Waals surface area contributed by atoms with Gasteiger partial charge >= 0.3 is 0 Å². The highest BCUT2D eigenvalue weighted by atomic mass is 35.5. The van der Waals surface area contributed by atoms with Gasteiger partial charge in [0.15, 0.2) is 6.79 Å². The Hall–Kier alpha value is -2.17. The molecular formula is C21H19ClO4. The van der Waals surface area contributed by atoms with E-state index in [-0.39, 0.29) is 6.79 Å². The maximum atomic E-state index is 6.23. The van der Waals surface area contributed by atoms with Crippen LogP contribution in [0.4, 0.5) is 0 Å². The largest absolute Gasteiger partial charge is 0.489 e. The van der Waals surface area contributed by atoms with Crippen LogP contribution < -0.4 is 9.47 Å². The predicted octanol–water partition coefficient (Wildman–Crippen LogP) is 5.41. The smallest absolute Gasteiger partial charge is 0.189 e. The van der Waals surface area contributed by atoms with Crippen LogP contribution in [0.3, 0.4) is 0 Å². The molecule has 0 bridgehead atoms. The van der Waals surface area contributed by atoms with Crippen molar-refractivity contribution in [3.05, 3.63) is 57.8 Å². The highest BCUT2D eigenvalue weighted by Gasteiger charge is 2.19. The van der Waals surface area contributed by atoms with Crippen LogP contribution in [0.2, 0.25) is 5.02 Å². The molecule has 1 aliphatic carbocycles. The predicted molar refractivity (Wildman–Crippen MR) is 98.9 cm³/mol. The van der Waals surface area contributed by atoms with Crippen LogP contribution in [0, 0.1) is 0 Å². The molecule has 1 aromatic heterocycles. The van der Waals surface area contributed by atoms with Gasteiger partial charge in [-0.05, 0) is 49.6 Å². The van der Waals surface area contributed by atoms with Gasteiger partial charge in [0.1, 0.15) is 29.4 Å². The van der Waals surface area contributed by atoms with E-state index in [1.54, 1.807) is 0 Å². The van der Waals surface area contributed by atoms with Crippen molar-refractivity contribution < 1.29 is 18.6 Å². The average Bonchev–Trinajstić information content (AvgIpc) is 3.04. The minimum absolute atomic E-state index is 0.259. The molecule has 0 N–H and O–H groups in total. The quantitative estimate of drug-likeness (QED) is 0.618. The lowest BCUT2D eigenvalue weighted by atomic mass is 9.96. The molecule has 0 fully saturated rings. The molecule has 1 aliphatic heterocycles. The van der Waals surface area contributed by atoms with E-state index in [0.29, 0.717) is 18.2 Å². The van der Waals surface area contributed by atoms with Crippen molar-refractivity contribution in [1.82, 2.24) is 0 Å². The van der Waals surface area contributed by atoms with Gasteiger partial charge in [0.2, 0.25) is 0 Å². The molecule has 0 spiro atoms. The van der Waals surface area contributed by atoms with Gasteiger partial charge in [0.25, 0.3) is 0 Å². The van der Waals surface area contributed by atoms with Crippen LogP contribution >= 0.6 is 11.6 Å². The Balaban J connectivity index is 1.43. The number of hydrogen-bond donors (Lipinski definition) is 0. The van der Waals surface area contributed by atoms with Crippen LogP contribution in [0.5, 0.6) is 11.5 Å². The third-order valence-corrected chi connectivity index (χ3v) is 5.29. The van der Waals surface area contributed by atoms with E-state index in [1.807, 2.05) is 24.3 Å². The summed E-state index contributed by atoms with van der Waals surface area (Å²) in [4.78, 5) is 0. The molecule has 2 heterocycles. The van der Waals surface area contributed by atoms with Crippen molar-refractivity contribution in [2.75, 3.05) is 6.79 Å². The third kappa shape index (κ3) is 2.83. The second-order valence-corrected chi connectivity index (χ2v) is 7.26. The first-order chi connectivity index (χ1) is 12.8. The number of rotatable bonds is 3. The van der Waals surface area contributed by atoms with Crippen molar-refractivity contribution in [3.63, 3.8) is 0 Å². The first kappa shape index (κ1) is 16.0. The molecule has 0 atom stereocenters. The van der Waals surface area contributed by atoms with Crippen molar-refractivity contribution in [3.8, 4) is 11.5 Å². The Kier molecular flexibility index (Phi) is 4.03. The Morgan fingerprint density at radius 2 is 2.00 bits per heavy atom. The summed E-state index contributed by atoms with van der Waals surface area (Å²) in [6.07, 6.45) is 4.55. The molecular weight excluding hydrogens is 352 g/mol. The van der Waals surface area contributed by atoms with Crippen LogP contribution in [0.1, 0.15) is 35.3 Å². The van der Waals surface area contributed by atoms with Gasteiger partial charge in [-0.2, -0.15) is 0 Å². The van der Waals surface area contributed by atoms with Crippen LogP contribution in [-0.2, 0) is 30.8 Å².